The highest BCUT2D eigenvalue weighted by molar-refractivity contribution is 5.97. The Labute approximate surface area is 272 Å². The number of ether oxygens (including phenoxy) is 4. The Morgan fingerprint density at radius 1 is 1.00 bits per heavy atom. The molecule has 11 heteroatoms. The summed E-state index contributed by atoms with van der Waals surface area (Å²) in [6.07, 6.45) is 1.63. The van der Waals surface area contributed by atoms with E-state index in [1.54, 1.807) is 60.7 Å². The third kappa shape index (κ3) is 7.30. The summed E-state index contributed by atoms with van der Waals surface area (Å²) in [5.41, 5.74) is 3.08. The largest absolute Gasteiger partial charge is 0.496 e. The molecule has 47 heavy (non-hydrogen) atoms. The van der Waals surface area contributed by atoms with E-state index in [2.05, 4.69) is 15.6 Å². The van der Waals surface area contributed by atoms with E-state index in [0.29, 0.717) is 60.1 Å². The molecular weight excluding hydrogens is 600 g/mol. The van der Waals surface area contributed by atoms with Crippen LogP contribution in [-0.2, 0) is 11.3 Å². The first-order valence-electron chi connectivity index (χ1n) is 15.5. The van der Waals surface area contributed by atoms with Crippen molar-refractivity contribution in [2.24, 2.45) is 0 Å². The first-order valence-corrected chi connectivity index (χ1v) is 15.5. The summed E-state index contributed by atoms with van der Waals surface area (Å²) in [6, 6.07) is 22.7. The van der Waals surface area contributed by atoms with Gasteiger partial charge in [-0.2, -0.15) is 0 Å². The normalized spacial score (nSPS) is 18.0. The predicted molar refractivity (Wildman–Crippen MR) is 174 cm³/mol. The van der Waals surface area contributed by atoms with Crippen LogP contribution >= 0.6 is 0 Å². The topological polar surface area (TPSA) is 128 Å². The van der Waals surface area contributed by atoms with E-state index in [9.17, 15) is 14.4 Å². The number of likely N-dealkylation sites (tertiary alicyclic amines) is 1. The van der Waals surface area contributed by atoms with Crippen LogP contribution in [0.1, 0.15) is 39.6 Å². The number of rotatable bonds is 4. The highest BCUT2D eigenvalue weighted by Crippen LogP contribution is 2.33. The van der Waals surface area contributed by atoms with Crippen LogP contribution in [0.3, 0.4) is 0 Å². The fraction of sp³-hybridized carbons (Fsp3) is 0.278. The highest BCUT2D eigenvalue weighted by atomic mass is 16.5. The number of nitrogens with zero attached hydrogens (tertiary/aromatic N) is 2. The number of fused-ring (bicyclic) bond motifs is 7. The maximum Gasteiger partial charge on any atom is 0.259 e. The van der Waals surface area contributed by atoms with Crippen molar-refractivity contribution in [1.82, 2.24) is 20.5 Å². The molecule has 4 aromatic rings. The number of hydrogen-bond acceptors (Lipinski definition) is 8. The summed E-state index contributed by atoms with van der Waals surface area (Å²) in [7, 11) is 1.56. The number of hydrogen-bond donors (Lipinski definition) is 2. The van der Waals surface area contributed by atoms with Crippen molar-refractivity contribution in [1.29, 1.82) is 0 Å². The van der Waals surface area contributed by atoms with Crippen molar-refractivity contribution in [3.05, 3.63) is 102 Å². The van der Waals surface area contributed by atoms with Crippen molar-refractivity contribution >= 4 is 17.7 Å². The van der Waals surface area contributed by atoms with Gasteiger partial charge in [-0.15, -0.1) is 0 Å². The lowest BCUT2D eigenvalue weighted by Gasteiger charge is -2.39. The monoisotopic (exact) mass is 636 g/mol. The minimum atomic E-state index is -0.542. The zero-order valence-corrected chi connectivity index (χ0v) is 26.2. The molecule has 0 unspecified atom stereocenters. The summed E-state index contributed by atoms with van der Waals surface area (Å²) in [5.74, 6) is 1.13. The van der Waals surface area contributed by atoms with Crippen LogP contribution in [-0.4, -0.2) is 73.2 Å². The Balaban J connectivity index is 1.34. The van der Waals surface area contributed by atoms with Crippen LogP contribution in [0.15, 0.2) is 85.1 Å². The molecule has 3 aliphatic rings. The summed E-state index contributed by atoms with van der Waals surface area (Å²) in [4.78, 5) is 46.1. The van der Waals surface area contributed by atoms with E-state index in [1.165, 1.54) is 0 Å². The lowest BCUT2D eigenvalue weighted by Crippen LogP contribution is -2.58. The van der Waals surface area contributed by atoms with E-state index in [0.717, 1.165) is 11.1 Å². The predicted octanol–water partition coefficient (Wildman–Crippen LogP) is 4.26. The van der Waals surface area contributed by atoms with Crippen LogP contribution in [0.2, 0.25) is 0 Å². The average Bonchev–Trinajstić information content (AvgIpc) is 3.10. The third-order valence-electron chi connectivity index (χ3n) is 8.11. The van der Waals surface area contributed by atoms with E-state index >= 15 is 0 Å². The smallest absolute Gasteiger partial charge is 0.259 e. The van der Waals surface area contributed by atoms with Crippen LogP contribution in [0.5, 0.6) is 23.1 Å². The molecule has 0 saturated carbocycles. The number of carbonyl (C=O) groups excluding carboxylic acids is 3. The number of aromatic nitrogens is 1. The van der Waals surface area contributed by atoms with Crippen molar-refractivity contribution in [2.45, 2.75) is 32.0 Å². The van der Waals surface area contributed by atoms with E-state index in [4.69, 9.17) is 18.9 Å². The van der Waals surface area contributed by atoms with Gasteiger partial charge in [0.15, 0.2) is 6.61 Å². The maximum atomic E-state index is 13.9. The molecule has 3 aliphatic heterocycles. The molecule has 3 amide bonds. The molecule has 242 valence electrons. The van der Waals surface area contributed by atoms with Gasteiger partial charge >= 0.3 is 0 Å². The Kier molecular flexibility index (Phi) is 9.51. The van der Waals surface area contributed by atoms with E-state index < -0.39 is 12.1 Å². The molecule has 11 nitrogen and oxygen atoms in total. The molecule has 2 atom stereocenters. The lowest BCUT2D eigenvalue weighted by atomic mass is 9.98. The second kappa shape index (κ2) is 14.2. The van der Waals surface area contributed by atoms with Gasteiger partial charge < -0.3 is 34.5 Å². The van der Waals surface area contributed by atoms with Gasteiger partial charge in [0.1, 0.15) is 28.9 Å². The molecule has 7 rings (SSSR count). The quantitative estimate of drug-likeness (QED) is 0.340. The van der Waals surface area contributed by atoms with Gasteiger partial charge in [-0.1, -0.05) is 24.3 Å². The number of amides is 3. The summed E-state index contributed by atoms with van der Waals surface area (Å²) < 4.78 is 23.5. The number of methoxy groups -OCH3 is 1. The van der Waals surface area contributed by atoms with Gasteiger partial charge in [0.05, 0.1) is 19.8 Å². The molecule has 0 spiro atoms. The first kappa shape index (κ1) is 31.4. The van der Waals surface area contributed by atoms with Crippen LogP contribution in [0.4, 0.5) is 0 Å². The van der Waals surface area contributed by atoms with E-state index in [-0.39, 0.29) is 36.8 Å². The Morgan fingerprint density at radius 3 is 2.66 bits per heavy atom. The fourth-order valence-corrected chi connectivity index (χ4v) is 5.71. The molecule has 2 N–H and O–H groups in total. The average molecular weight is 637 g/mol. The highest BCUT2D eigenvalue weighted by Gasteiger charge is 2.35. The van der Waals surface area contributed by atoms with Crippen LogP contribution < -0.4 is 29.6 Å². The van der Waals surface area contributed by atoms with Crippen LogP contribution in [0.25, 0.3) is 11.1 Å². The minimum Gasteiger partial charge on any atom is -0.496 e. The zero-order chi connectivity index (χ0) is 32.8. The first-order chi connectivity index (χ1) is 22.9. The van der Waals surface area contributed by atoms with Crippen molar-refractivity contribution in [2.75, 3.05) is 33.4 Å². The zero-order valence-electron chi connectivity index (χ0n) is 26.2. The van der Waals surface area contributed by atoms with Gasteiger partial charge in [0.25, 0.3) is 17.7 Å². The number of carbonyl (C=O) groups is 3. The van der Waals surface area contributed by atoms with Crippen molar-refractivity contribution in [3.63, 3.8) is 0 Å². The SMILES string of the molecule is CCOc1ncccc1C(=O)N1CC[C@H]2Oc3ccc(cc3)CNC(=O)COc3cccc(c3)-c3cc(ccc3OC)C(=O)N[C@@H]2C1. The molecule has 1 saturated heterocycles. The third-order valence-corrected chi connectivity index (χ3v) is 8.11. The summed E-state index contributed by atoms with van der Waals surface area (Å²) >= 11 is 0. The van der Waals surface area contributed by atoms with Gasteiger partial charge in [0, 0.05) is 43.4 Å². The van der Waals surface area contributed by atoms with E-state index in [1.807, 2.05) is 43.3 Å². The van der Waals surface area contributed by atoms with Crippen molar-refractivity contribution in [3.8, 4) is 34.3 Å². The van der Waals surface area contributed by atoms with Crippen LogP contribution in [0, 0.1) is 0 Å². The number of piperidine rings is 1. The molecular formula is C36H36N4O7. The molecule has 1 fully saturated rings. The number of nitrogens with one attached hydrogen (secondary N) is 2. The lowest BCUT2D eigenvalue weighted by molar-refractivity contribution is -0.123. The van der Waals surface area contributed by atoms with Gasteiger partial charge in [-0.05, 0) is 72.6 Å². The molecule has 1 aromatic heterocycles. The fourth-order valence-electron chi connectivity index (χ4n) is 5.71. The molecule has 0 radical (unpaired) electrons. The Morgan fingerprint density at radius 2 is 1.85 bits per heavy atom. The van der Waals surface area contributed by atoms with Gasteiger partial charge in [-0.25, -0.2) is 4.98 Å². The summed E-state index contributed by atoms with van der Waals surface area (Å²) in [5, 5.41) is 6.03. The summed E-state index contributed by atoms with van der Waals surface area (Å²) in [6.45, 7) is 3.00. The molecule has 6 bridgehead atoms. The number of pyridine rings is 1. The van der Waals surface area contributed by atoms with Crippen molar-refractivity contribution < 1.29 is 33.3 Å². The number of benzene rings is 3. The Hall–Kier alpha value is -5.58. The molecule has 3 aromatic carbocycles. The molecule has 0 aliphatic carbocycles. The van der Waals surface area contributed by atoms with Gasteiger partial charge in [-0.3, -0.25) is 14.4 Å². The van der Waals surface area contributed by atoms with Gasteiger partial charge in [0.2, 0.25) is 5.88 Å². The standard InChI is InChI=1S/C36H36N4O7/c1-3-45-35-28(8-5-16-37-35)36(43)40-17-15-32-30(21-40)39-34(42)25-11-14-31(44-2)29(19-25)24-6-4-7-27(18-24)46-22-33(41)38-20-23-9-12-26(47-32)13-10-23/h4-14,16,18-19,30,32H,3,15,17,20-22H2,1-2H3,(H,38,41)(H,39,42)/t30-,32-/m1/s1. The molecule has 4 heterocycles. The minimum absolute atomic E-state index is 0.152. The maximum absolute atomic E-state index is 13.9. The second-order valence-corrected chi connectivity index (χ2v) is 11.2. The Bertz CT molecular complexity index is 1760. The second-order valence-electron chi connectivity index (χ2n) is 11.2.